The third-order valence-corrected chi connectivity index (χ3v) is 6.51. The topological polar surface area (TPSA) is 68.0 Å². The number of aromatic nitrogens is 1. The largest absolute Gasteiger partial charge is 0.397 e. The van der Waals surface area contributed by atoms with Crippen molar-refractivity contribution in [1.82, 2.24) is 4.98 Å². The number of para-hydroxylation sites is 1. The summed E-state index contributed by atoms with van der Waals surface area (Å²) < 4.78 is 0. The molecular formula is C26H18ClN3OS. The van der Waals surface area contributed by atoms with E-state index in [1.807, 2.05) is 91.0 Å². The zero-order valence-electron chi connectivity index (χ0n) is 16.9. The fourth-order valence-corrected chi connectivity index (χ4v) is 4.75. The highest BCUT2D eigenvalue weighted by molar-refractivity contribution is 7.21. The Morgan fingerprint density at radius 1 is 0.875 bits per heavy atom. The van der Waals surface area contributed by atoms with Gasteiger partial charge in [-0.2, -0.15) is 0 Å². The van der Waals surface area contributed by atoms with Crippen molar-refractivity contribution in [3.63, 3.8) is 0 Å². The Labute approximate surface area is 194 Å². The quantitative estimate of drug-likeness (QED) is 0.303. The van der Waals surface area contributed by atoms with Crippen molar-refractivity contribution in [3.8, 4) is 22.4 Å². The van der Waals surface area contributed by atoms with Crippen LogP contribution in [0, 0.1) is 0 Å². The Hall–Kier alpha value is -3.67. The van der Waals surface area contributed by atoms with E-state index in [1.54, 1.807) is 0 Å². The molecule has 0 spiro atoms. The minimum absolute atomic E-state index is 0.250. The van der Waals surface area contributed by atoms with Crippen LogP contribution in [0.1, 0.15) is 9.67 Å². The molecule has 0 aliphatic carbocycles. The average molecular weight is 456 g/mol. The molecule has 0 saturated heterocycles. The van der Waals surface area contributed by atoms with Crippen LogP contribution in [0.25, 0.3) is 32.6 Å². The standard InChI is InChI=1S/C26H18ClN3OS/c27-18-13-11-16(12-14-18)20-15-21(17-7-3-1-4-8-17)30-26-22(20)23(28)24(32-26)25(31)29-19-9-5-2-6-10-19/h1-15H,28H2,(H,29,31). The van der Waals surface area contributed by atoms with Gasteiger partial charge in [-0.1, -0.05) is 72.3 Å². The van der Waals surface area contributed by atoms with Gasteiger partial charge in [0, 0.05) is 21.7 Å². The van der Waals surface area contributed by atoms with E-state index >= 15 is 0 Å². The number of halogens is 1. The SMILES string of the molecule is Nc1c(C(=O)Nc2ccccc2)sc2nc(-c3ccccc3)cc(-c3ccc(Cl)cc3)c12. The lowest BCUT2D eigenvalue weighted by molar-refractivity contribution is 0.103. The Kier molecular flexibility index (Phi) is 5.35. The predicted molar refractivity (Wildman–Crippen MR) is 134 cm³/mol. The number of nitrogens with zero attached hydrogens (tertiary/aromatic N) is 1. The van der Waals surface area contributed by atoms with Crippen LogP contribution in [0.3, 0.4) is 0 Å². The second kappa shape index (κ2) is 8.46. The number of pyridine rings is 1. The van der Waals surface area contributed by atoms with Crippen molar-refractivity contribution in [2.75, 3.05) is 11.1 Å². The van der Waals surface area contributed by atoms with E-state index in [-0.39, 0.29) is 5.91 Å². The predicted octanol–water partition coefficient (Wildman–Crippen LogP) is 7.12. The number of amides is 1. The lowest BCUT2D eigenvalue weighted by Gasteiger charge is -2.09. The molecule has 3 aromatic carbocycles. The van der Waals surface area contributed by atoms with Crippen LogP contribution in [0.2, 0.25) is 5.02 Å². The van der Waals surface area contributed by atoms with Crippen molar-refractivity contribution < 1.29 is 4.79 Å². The van der Waals surface area contributed by atoms with E-state index in [2.05, 4.69) is 5.32 Å². The van der Waals surface area contributed by atoms with Gasteiger partial charge in [-0.05, 0) is 41.5 Å². The number of nitrogens with one attached hydrogen (secondary N) is 1. The number of thiophene rings is 1. The first-order valence-corrected chi connectivity index (χ1v) is 11.2. The molecule has 0 radical (unpaired) electrons. The summed E-state index contributed by atoms with van der Waals surface area (Å²) in [4.78, 5) is 19.0. The van der Waals surface area contributed by atoms with E-state index in [0.717, 1.165) is 27.8 Å². The maximum Gasteiger partial charge on any atom is 0.267 e. The van der Waals surface area contributed by atoms with E-state index in [0.29, 0.717) is 26.1 Å². The molecule has 156 valence electrons. The lowest BCUT2D eigenvalue weighted by Crippen LogP contribution is -2.11. The van der Waals surface area contributed by atoms with E-state index in [4.69, 9.17) is 22.3 Å². The first-order valence-electron chi connectivity index (χ1n) is 10.0. The van der Waals surface area contributed by atoms with Gasteiger partial charge in [0.15, 0.2) is 0 Å². The van der Waals surface area contributed by atoms with Crippen molar-refractivity contribution in [3.05, 3.63) is 101 Å². The normalized spacial score (nSPS) is 10.9. The summed E-state index contributed by atoms with van der Waals surface area (Å²) in [6.45, 7) is 0. The average Bonchev–Trinajstić information content (AvgIpc) is 3.17. The summed E-state index contributed by atoms with van der Waals surface area (Å²) in [6.07, 6.45) is 0. The molecule has 32 heavy (non-hydrogen) atoms. The van der Waals surface area contributed by atoms with E-state index in [1.165, 1.54) is 11.3 Å². The highest BCUT2D eigenvalue weighted by atomic mass is 35.5. The number of fused-ring (bicyclic) bond motifs is 1. The number of carbonyl (C=O) groups excluding carboxylic acids is 1. The Morgan fingerprint density at radius 2 is 1.53 bits per heavy atom. The molecule has 1 amide bonds. The lowest BCUT2D eigenvalue weighted by atomic mass is 9.99. The molecule has 5 rings (SSSR count). The molecule has 0 aliphatic heterocycles. The number of benzene rings is 3. The second-order valence-electron chi connectivity index (χ2n) is 7.27. The van der Waals surface area contributed by atoms with Crippen LogP contribution in [-0.4, -0.2) is 10.9 Å². The molecule has 0 aliphatic rings. The molecule has 5 aromatic rings. The summed E-state index contributed by atoms with van der Waals surface area (Å²) >= 11 is 7.41. The number of nitrogen functional groups attached to an aromatic ring is 1. The van der Waals surface area contributed by atoms with Gasteiger partial charge >= 0.3 is 0 Å². The fraction of sp³-hybridized carbons (Fsp3) is 0. The van der Waals surface area contributed by atoms with Gasteiger partial charge in [-0.25, -0.2) is 4.98 Å². The number of rotatable bonds is 4. The molecule has 2 aromatic heterocycles. The number of carbonyl (C=O) groups is 1. The first kappa shape index (κ1) is 20.2. The van der Waals surface area contributed by atoms with Crippen molar-refractivity contribution in [1.29, 1.82) is 0 Å². The van der Waals surface area contributed by atoms with Gasteiger partial charge in [0.25, 0.3) is 5.91 Å². The molecule has 4 nitrogen and oxygen atoms in total. The minimum Gasteiger partial charge on any atom is -0.397 e. The van der Waals surface area contributed by atoms with Gasteiger partial charge in [0.05, 0.1) is 11.4 Å². The summed E-state index contributed by atoms with van der Waals surface area (Å²) in [6, 6.07) is 28.9. The van der Waals surface area contributed by atoms with Crippen molar-refractivity contribution in [2.45, 2.75) is 0 Å². The zero-order valence-corrected chi connectivity index (χ0v) is 18.5. The molecular weight excluding hydrogens is 438 g/mol. The fourth-order valence-electron chi connectivity index (χ4n) is 3.61. The molecule has 6 heteroatoms. The van der Waals surface area contributed by atoms with Gasteiger partial charge in [-0.15, -0.1) is 11.3 Å². The highest BCUT2D eigenvalue weighted by Crippen LogP contribution is 2.41. The summed E-state index contributed by atoms with van der Waals surface area (Å²) in [7, 11) is 0. The molecule has 0 bridgehead atoms. The number of hydrogen-bond acceptors (Lipinski definition) is 4. The third-order valence-electron chi connectivity index (χ3n) is 5.16. The van der Waals surface area contributed by atoms with Crippen molar-refractivity contribution >= 4 is 50.4 Å². The number of nitrogens with two attached hydrogens (primary N) is 1. The Morgan fingerprint density at radius 3 is 2.22 bits per heavy atom. The minimum atomic E-state index is -0.250. The molecule has 0 fully saturated rings. The Bertz CT molecular complexity index is 1410. The third kappa shape index (κ3) is 3.84. The Balaban J connectivity index is 1.69. The molecule has 0 atom stereocenters. The summed E-state index contributed by atoms with van der Waals surface area (Å²) in [5.41, 5.74) is 11.4. The highest BCUT2D eigenvalue weighted by Gasteiger charge is 2.21. The molecule has 3 N–H and O–H groups in total. The van der Waals surface area contributed by atoms with E-state index in [9.17, 15) is 4.79 Å². The molecule has 2 heterocycles. The van der Waals surface area contributed by atoms with E-state index < -0.39 is 0 Å². The van der Waals surface area contributed by atoms with Crippen LogP contribution in [0.15, 0.2) is 91.0 Å². The van der Waals surface area contributed by atoms with Gasteiger partial charge in [-0.3, -0.25) is 4.79 Å². The first-order chi connectivity index (χ1) is 15.6. The summed E-state index contributed by atoms with van der Waals surface area (Å²) in [5, 5.41) is 4.35. The maximum absolute atomic E-state index is 13.0. The van der Waals surface area contributed by atoms with Crippen molar-refractivity contribution in [2.24, 2.45) is 0 Å². The molecule has 0 unspecified atom stereocenters. The van der Waals surface area contributed by atoms with Crippen LogP contribution in [-0.2, 0) is 0 Å². The van der Waals surface area contributed by atoms with Crippen LogP contribution >= 0.6 is 22.9 Å². The summed E-state index contributed by atoms with van der Waals surface area (Å²) in [5.74, 6) is -0.250. The number of anilines is 2. The van der Waals surface area contributed by atoms with Crippen LogP contribution in [0.5, 0.6) is 0 Å². The van der Waals surface area contributed by atoms with Crippen LogP contribution < -0.4 is 11.1 Å². The second-order valence-corrected chi connectivity index (χ2v) is 8.71. The monoisotopic (exact) mass is 455 g/mol. The zero-order chi connectivity index (χ0) is 22.1. The maximum atomic E-state index is 13.0. The van der Waals surface area contributed by atoms with Gasteiger partial charge < -0.3 is 11.1 Å². The molecule has 0 saturated carbocycles. The van der Waals surface area contributed by atoms with Gasteiger partial charge in [0.2, 0.25) is 0 Å². The van der Waals surface area contributed by atoms with Gasteiger partial charge in [0.1, 0.15) is 9.71 Å². The van der Waals surface area contributed by atoms with Crippen LogP contribution in [0.4, 0.5) is 11.4 Å². The smallest absolute Gasteiger partial charge is 0.267 e. The number of hydrogen-bond donors (Lipinski definition) is 2.